The van der Waals surface area contributed by atoms with Gasteiger partial charge >= 0.3 is 0 Å². The Labute approximate surface area is 119 Å². The first-order chi connectivity index (χ1) is 9.29. The number of nitrogens with zero attached hydrogens (tertiary/aromatic N) is 1. The van der Waals surface area contributed by atoms with Crippen LogP contribution in [-0.2, 0) is 0 Å². The highest BCUT2D eigenvalue weighted by molar-refractivity contribution is 4.88. The molecule has 2 nitrogen and oxygen atoms in total. The molecule has 1 N–H and O–H groups in total. The second-order valence-electron chi connectivity index (χ2n) is 7.50. The Bertz CT molecular complexity index is 266. The molecule has 110 valence electrons. The first-order valence-electron chi connectivity index (χ1n) is 8.78. The fourth-order valence-electron chi connectivity index (χ4n) is 3.96. The second-order valence-corrected chi connectivity index (χ2v) is 7.50. The molecule has 19 heavy (non-hydrogen) atoms. The molecule has 0 aromatic carbocycles. The van der Waals surface area contributed by atoms with Crippen LogP contribution in [-0.4, -0.2) is 36.6 Å². The van der Waals surface area contributed by atoms with E-state index in [4.69, 9.17) is 0 Å². The molecule has 3 rings (SSSR count). The Balaban J connectivity index is 1.34. The largest absolute Gasteiger partial charge is 0.310 e. The summed E-state index contributed by atoms with van der Waals surface area (Å²) >= 11 is 0. The van der Waals surface area contributed by atoms with Crippen molar-refractivity contribution in [3.05, 3.63) is 0 Å². The third-order valence-corrected chi connectivity index (χ3v) is 5.54. The Morgan fingerprint density at radius 2 is 1.74 bits per heavy atom. The van der Waals surface area contributed by atoms with Gasteiger partial charge in [-0.15, -0.1) is 0 Å². The Morgan fingerprint density at radius 1 is 0.947 bits per heavy atom. The molecule has 2 saturated carbocycles. The van der Waals surface area contributed by atoms with Gasteiger partial charge in [0.25, 0.3) is 0 Å². The molecule has 0 spiro atoms. The third-order valence-electron chi connectivity index (χ3n) is 5.54. The Kier molecular flexibility index (Phi) is 4.81. The van der Waals surface area contributed by atoms with Gasteiger partial charge in [-0.2, -0.15) is 0 Å². The van der Waals surface area contributed by atoms with Crippen LogP contribution in [0.1, 0.15) is 64.7 Å². The van der Waals surface area contributed by atoms with Crippen LogP contribution >= 0.6 is 0 Å². The molecule has 1 heterocycles. The van der Waals surface area contributed by atoms with E-state index in [0.29, 0.717) is 0 Å². The molecule has 1 atom stereocenters. The van der Waals surface area contributed by atoms with Gasteiger partial charge < -0.3 is 10.2 Å². The van der Waals surface area contributed by atoms with Crippen molar-refractivity contribution in [1.82, 2.24) is 10.2 Å². The fourth-order valence-corrected chi connectivity index (χ4v) is 3.96. The van der Waals surface area contributed by atoms with Gasteiger partial charge in [0.1, 0.15) is 0 Å². The van der Waals surface area contributed by atoms with Crippen LogP contribution in [0.15, 0.2) is 0 Å². The minimum absolute atomic E-state index is 0.799. The van der Waals surface area contributed by atoms with E-state index in [1.807, 2.05) is 0 Å². The van der Waals surface area contributed by atoms with Gasteiger partial charge in [0, 0.05) is 18.6 Å². The monoisotopic (exact) mass is 264 g/mol. The first kappa shape index (κ1) is 13.9. The lowest BCUT2D eigenvalue weighted by Crippen LogP contribution is -2.46. The maximum absolute atomic E-state index is 3.82. The highest BCUT2D eigenvalue weighted by atomic mass is 15.2. The molecule has 0 amide bonds. The average molecular weight is 264 g/mol. The number of hydrogen-bond acceptors (Lipinski definition) is 2. The molecule has 0 aromatic rings. The van der Waals surface area contributed by atoms with E-state index >= 15 is 0 Å². The van der Waals surface area contributed by atoms with Gasteiger partial charge in [-0.3, -0.25) is 0 Å². The van der Waals surface area contributed by atoms with Crippen LogP contribution < -0.4 is 5.32 Å². The molecule has 1 saturated heterocycles. The van der Waals surface area contributed by atoms with Gasteiger partial charge in [0.2, 0.25) is 0 Å². The number of nitrogens with one attached hydrogen (secondary N) is 1. The summed E-state index contributed by atoms with van der Waals surface area (Å²) < 4.78 is 0. The van der Waals surface area contributed by atoms with Crippen molar-refractivity contribution in [2.24, 2.45) is 11.8 Å². The van der Waals surface area contributed by atoms with Crippen molar-refractivity contribution < 1.29 is 0 Å². The second kappa shape index (κ2) is 6.58. The number of likely N-dealkylation sites (tertiary alicyclic amines) is 1. The molecule has 1 aliphatic heterocycles. The van der Waals surface area contributed by atoms with Crippen LogP contribution in [0.25, 0.3) is 0 Å². The van der Waals surface area contributed by atoms with E-state index < -0.39 is 0 Å². The Morgan fingerprint density at radius 3 is 2.47 bits per heavy atom. The van der Waals surface area contributed by atoms with Crippen LogP contribution in [0.2, 0.25) is 0 Å². The van der Waals surface area contributed by atoms with Gasteiger partial charge in [-0.1, -0.05) is 32.6 Å². The van der Waals surface area contributed by atoms with Crippen LogP contribution in [0.3, 0.4) is 0 Å². The molecule has 0 radical (unpaired) electrons. The van der Waals surface area contributed by atoms with E-state index in [9.17, 15) is 0 Å². The molecular formula is C17H32N2. The predicted octanol–water partition coefficient (Wildman–Crippen LogP) is 3.42. The molecule has 3 aliphatic rings. The zero-order valence-corrected chi connectivity index (χ0v) is 12.7. The lowest BCUT2D eigenvalue weighted by molar-refractivity contribution is 0.166. The molecule has 2 heteroatoms. The Hall–Kier alpha value is -0.0800. The van der Waals surface area contributed by atoms with Gasteiger partial charge in [0.15, 0.2) is 0 Å². The van der Waals surface area contributed by atoms with Crippen molar-refractivity contribution in [2.75, 3.05) is 19.6 Å². The van der Waals surface area contributed by atoms with E-state index in [1.165, 1.54) is 77.4 Å². The lowest BCUT2D eigenvalue weighted by atomic mass is 9.81. The minimum Gasteiger partial charge on any atom is -0.310 e. The van der Waals surface area contributed by atoms with Crippen molar-refractivity contribution in [2.45, 2.75) is 76.8 Å². The van der Waals surface area contributed by atoms with E-state index in [-0.39, 0.29) is 0 Å². The first-order valence-corrected chi connectivity index (χ1v) is 8.78. The quantitative estimate of drug-likeness (QED) is 0.818. The summed E-state index contributed by atoms with van der Waals surface area (Å²) in [6.07, 6.45) is 13.1. The SMILES string of the molecule is CC1CCC(CCN2CCCC(NC3CC3)C2)CC1. The summed E-state index contributed by atoms with van der Waals surface area (Å²) in [7, 11) is 0. The summed E-state index contributed by atoms with van der Waals surface area (Å²) in [5, 5.41) is 3.82. The van der Waals surface area contributed by atoms with E-state index in [1.54, 1.807) is 0 Å². The fraction of sp³-hybridized carbons (Fsp3) is 1.00. The highest BCUT2D eigenvalue weighted by Gasteiger charge is 2.28. The smallest absolute Gasteiger partial charge is 0.0198 e. The maximum Gasteiger partial charge on any atom is 0.0198 e. The molecule has 1 unspecified atom stereocenters. The number of piperidine rings is 1. The predicted molar refractivity (Wildman–Crippen MR) is 81.4 cm³/mol. The summed E-state index contributed by atoms with van der Waals surface area (Å²) in [6, 6.07) is 1.68. The van der Waals surface area contributed by atoms with Crippen LogP contribution in [0, 0.1) is 11.8 Å². The normalized spacial score (nSPS) is 37.4. The minimum atomic E-state index is 0.799. The van der Waals surface area contributed by atoms with Crippen molar-refractivity contribution in [3.63, 3.8) is 0 Å². The summed E-state index contributed by atoms with van der Waals surface area (Å²) in [5.41, 5.74) is 0. The third kappa shape index (κ3) is 4.46. The van der Waals surface area contributed by atoms with Gasteiger partial charge in [-0.25, -0.2) is 0 Å². The molecule has 0 bridgehead atoms. The molecule has 2 aliphatic carbocycles. The average Bonchev–Trinajstić information content (AvgIpc) is 3.23. The van der Waals surface area contributed by atoms with Crippen molar-refractivity contribution in [1.29, 1.82) is 0 Å². The maximum atomic E-state index is 3.82. The van der Waals surface area contributed by atoms with Crippen LogP contribution in [0.5, 0.6) is 0 Å². The number of rotatable bonds is 5. The number of hydrogen-bond donors (Lipinski definition) is 1. The van der Waals surface area contributed by atoms with Gasteiger partial charge in [-0.05, 0) is 57.0 Å². The topological polar surface area (TPSA) is 15.3 Å². The molecule has 0 aromatic heterocycles. The lowest BCUT2D eigenvalue weighted by Gasteiger charge is -2.35. The zero-order valence-electron chi connectivity index (χ0n) is 12.7. The highest BCUT2D eigenvalue weighted by Crippen LogP contribution is 2.30. The standard InChI is InChI=1S/C17H32N2/c1-14-4-6-15(7-5-14)10-12-19-11-2-3-17(13-19)18-16-8-9-16/h14-18H,2-13H2,1H3. The zero-order chi connectivity index (χ0) is 13.1. The van der Waals surface area contributed by atoms with Gasteiger partial charge in [0.05, 0.1) is 0 Å². The summed E-state index contributed by atoms with van der Waals surface area (Å²) in [6.45, 7) is 6.46. The summed E-state index contributed by atoms with van der Waals surface area (Å²) in [4.78, 5) is 2.74. The molecular weight excluding hydrogens is 232 g/mol. The van der Waals surface area contributed by atoms with Crippen molar-refractivity contribution >= 4 is 0 Å². The van der Waals surface area contributed by atoms with Crippen molar-refractivity contribution in [3.8, 4) is 0 Å². The van der Waals surface area contributed by atoms with E-state index in [0.717, 1.165) is 23.9 Å². The van der Waals surface area contributed by atoms with E-state index in [2.05, 4.69) is 17.1 Å². The molecule has 3 fully saturated rings. The summed E-state index contributed by atoms with van der Waals surface area (Å²) in [5.74, 6) is 2.03. The van der Waals surface area contributed by atoms with Crippen LogP contribution in [0.4, 0.5) is 0 Å².